The van der Waals surface area contributed by atoms with Crippen LogP contribution in [0.2, 0.25) is 0 Å². The summed E-state index contributed by atoms with van der Waals surface area (Å²) in [6.07, 6.45) is 1.04. The van der Waals surface area contributed by atoms with Crippen molar-refractivity contribution in [3.05, 3.63) is 35.9 Å². The molecule has 0 N–H and O–H groups in total. The number of esters is 1. The van der Waals surface area contributed by atoms with Gasteiger partial charge in [-0.2, -0.15) is 0 Å². The van der Waals surface area contributed by atoms with Crippen molar-refractivity contribution in [2.24, 2.45) is 11.8 Å². The molecule has 2 fully saturated rings. The lowest BCUT2D eigenvalue weighted by Gasteiger charge is -2.07. The maximum Gasteiger partial charge on any atom is 0.309 e. The van der Waals surface area contributed by atoms with E-state index in [1.165, 1.54) is 5.56 Å². The highest BCUT2D eigenvalue weighted by Crippen LogP contribution is 2.58. The second-order valence-corrected chi connectivity index (χ2v) is 4.08. The molecule has 2 nitrogen and oxygen atoms in total. The minimum atomic E-state index is 0.00935. The van der Waals surface area contributed by atoms with Gasteiger partial charge in [-0.25, -0.2) is 0 Å². The van der Waals surface area contributed by atoms with Crippen LogP contribution < -0.4 is 0 Å². The molecule has 0 amide bonds. The maximum absolute atomic E-state index is 11.4. The van der Waals surface area contributed by atoms with Crippen LogP contribution in [0.25, 0.3) is 0 Å². The van der Waals surface area contributed by atoms with Crippen LogP contribution in [0, 0.1) is 11.8 Å². The van der Waals surface area contributed by atoms with Crippen molar-refractivity contribution in [3.8, 4) is 0 Å². The van der Waals surface area contributed by atoms with Gasteiger partial charge in [-0.15, -0.1) is 0 Å². The van der Waals surface area contributed by atoms with Crippen molar-refractivity contribution in [2.45, 2.75) is 12.3 Å². The van der Waals surface area contributed by atoms with Crippen LogP contribution in [0.5, 0.6) is 0 Å². The molecule has 1 aromatic carbocycles. The fourth-order valence-electron chi connectivity index (χ4n) is 2.58. The number of rotatable bonds is 1. The van der Waals surface area contributed by atoms with E-state index >= 15 is 0 Å². The van der Waals surface area contributed by atoms with E-state index in [-0.39, 0.29) is 11.9 Å². The third-order valence-electron chi connectivity index (χ3n) is 3.32. The molecular formula is C12H12O2. The van der Waals surface area contributed by atoms with Gasteiger partial charge in [0, 0.05) is 5.92 Å². The van der Waals surface area contributed by atoms with Crippen molar-refractivity contribution >= 4 is 5.97 Å². The predicted molar refractivity (Wildman–Crippen MR) is 51.7 cm³/mol. The summed E-state index contributed by atoms with van der Waals surface area (Å²) in [6, 6.07) is 10.3. The second-order valence-electron chi connectivity index (χ2n) is 4.08. The molecule has 14 heavy (non-hydrogen) atoms. The Bertz CT molecular complexity index is 358. The molecular weight excluding hydrogens is 176 g/mol. The summed E-state index contributed by atoms with van der Waals surface area (Å²) in [5.41, 5.74) is 1.29. The molecule has 0 radical (unpaired) electrons. The number of ether oxygens (including phenoxy) is 1. The minimum Gasteiger partial charge on any atom is -0.465 e. The van der Waals surface area contributed by atoms with Gasteiger partial charge in [-0.05, 0) is 17.9 Å². The van der Waals surface area contributed by atoms with E-state index in [0.717, 1.165) is 6.42 Å². The number of fused-ring (bicyclic) bond motifs is 1. The lowest BCUT2D eigenvalue weighted by atomic mass is 10.1. The number of carbonyl (C=O) groups is 1. The van der Waals surface area contributed by atoms with Gasteiger partial charge in [0.15, 0.2) is 0 Å². The molecule has 0 aromatic heterocycles. The fraction of sp³-hybridized carbons (Fsp3) is 0.417. The maximum atomic E-state index is 11.4. The normalized spacial score (nSPS) is 34.6. The molecule has 1 saturated heterocycles. The monoisotopic (exact) mass is 188 g/mol. The highest BCUT2D eigenvalue weighted by Gasteiger charge is 2.57. The zero-order valence-corrected chi connectivity index (χ0v) is 7.85. The van der Waals surface area contributed by atoms with E-state index in [2.05, 4.69) is 12.1 Å². The number of carbonyl (C=O) groups excluding carboxylic acids is 1. The summed E-state index contributed by atoms with van der Waals surface area (Å²) in [5, 5.41) is 0. The van der Waals surface area contributed by atoms with Crippen LogP contribution in [0.3, 0.4) is 0 Å². The summed E-state index contributed by atoms with van der Waals surface area (Å²) < 4.78 is 5.04. The van der Waals surface area contributed by atoms with E-state index in [1.54, 1.807) is 0 Å². The first-order valence-electron chi connectivity index (χ1n) is 5.09. The Morgan fingerprint density at radius 1 is 1.14 bits per heavy atom. The predicted octanol–water partition coefficient (Wildman–Crippen LogP) is 1.96. The van der Waals surface area contributed by atoms with Crippen LogP contribution in [-0.4, -0.2) is 12.6 Å². The van der Waals surface area contributed by atoms with E-state index in [1.807, 2.05) is 18.2 Å². The second kappa shape index (κ2) is 2.84. The van der Waals surface area contributed by atoms with E-state index in [9.17, 15) is 4.79 Å². The van der Waals surface area contributed by atoms with Crippen LogP contribution in [0.1, 0.15) is 17.9 Å². The number of cyclic esters (lactones) is 1. The van der Waals surface area contributed by atoms with Gasteiger partial charge < -0.3 is 4.74 Å². The molecule has 1 aromatic rings. The summed E-state index contributed by atoms with van der Waals surface area (Å²) in [6.45, 7) is 0.614. The van der Waals surface area contributed by atoms with E-state index < -0.39 is 0 Å². The molecule has 3 atom stereocenters. The molecule has 1 saturated carbocycles. The fourth-order valence-corrected chi connectivity index (χ4v) is 2.58. The van der Waals surface area contributed by atoms with Crippen molar-refractivity contribution in [1.82, 2.24) is 0 Å². The Labute approximate surface area is 82.9 Å². The Morgan fingerprint density at radius 3 is 2.64 bits per heavy atom. The molecule has 0 bridgehead atoms. The van der Waals surface area contributed by atoms with Crippen LogP contribution in [0.15, 0.2) is 30.3 Å². The number of hydrogen-bond acceptors (Lipinski definition) is 2. The molecule has 2 aliphatic rings. The summed E-state index contributed by atoms with van der Waals surface area (Å²) in [7, 11) is 0. The SMILES string of the molecule is O=C1OCC[C@@H]2[C@@H]1[C@@H]2c1ccccc1. The highest BCUT2D eigenvalue weighted by atomic mass is 16.5. The third kappa shape index (κ3) is 1.07. The minimum absolute atomic E-state index is 0.00935. The summed E-state index contributed by atoms with van der Waals surface area (Å²) in [4.78, 5) is 11.4. The largest absolute Gasteiger partial charge is 0.465 e. The molecule has 0 spiro atoms. The van der Waals surface area contributed by atoms with E-state index in [0.29, 0.717) is 18.4 Å². The Kier molecular flexibility index (Phi) is 1.63. The van der Waals surface area contributed by atoms with Gasteiger partial charge in [0.2, 0.25) is 0 Å². The van der Waals surface area contributed by atoms with Gasteiger partial charge >= 0.3 is 5.97 Å². The van der Waals surface area contributed by atoms with Crippen LogP contribution in [0.4, 0.5) is 0 Å². The first-order valence-corrected chi connectivity index (χ1v) is 5.09. The molecule has 1 heterocycles. The highest BCUT2D eigenvalue weighted by molar-refractivity contribution is 5.79. The average molecular weight is 188 g/mol. The van der Waals surface area contributed by atoms with Crippen molar-refractivity contribution in [3.63, 3.8) is 0 Å². The molecule has 0 unspecified atom stereocenters. The van der Waals surface area contributed by atoms with Crippen molar-refractivity contribution in [1.29, 1.82) is 0 Å². The molecule has 1 aliphatic carbocycles. The smallest absolute Gasteiger partial charge is 0.309 e. The standard InChI is InChI=1S/C12H12O2/c13-12-11-9(6-7-14-12)10(11)8-4-2-1-3-5-8/h1-5,9-11H,6-7H2/t9-,10+,11+/m0/s1. The topological polar surface area (TPSA) is 26.3 Å². The molecule has 72 valence electrons. The van der Waals surface area contributed by atoms with Gasteiger partial charge in [0.25, 0.3) is 0 Å². The van der Waals surface area contributed by atoms with E-state index in [4.69, 9.17) is 4.74 Å². The Hall–Kier alpha value is -1.31. The molecule has 1 aliphatic heterocycles. The first kappa shape index (κ1) is 8.04. The number of benzene rings is 1. The molecule has 2 heteroatoms. The summed E-state index contributed by atoms with van der Waals surface area (Å²) >= 11 is 0. The molecule has 3 rings (SSSR count). The quantitative estimate of drug-likeness (QED) is 0.630. The van der Waals surface area contributed by atoms with Crippen molar-refractivity contribution < 1.29 is 9.53 Å². The van der Waals surface area contributed by atoms with Gasteiger partial charge in [-0.1, -0.05) is 30.3 Å². The summed E-state index contributed by atoms with van der Waals surface area (Å²) in [5.74, 6) is 1.16. The zero-order chi connectivity index (χ0) is 9.54. The van der Waals surface area contributed by atoms with Crippen LogP contribution >= 0.6 is 0 Å². The zero-order valence-electron chi connectivity index (χ0n) is 7.85. The average Bonchev–Trinajstić information content (AvgIpc) is 2.95. The lowest BCUT2D eigenvalue weighted by molar-refractivity contribution is -0.148. The first-order chi connectivity index (χ1) is 6.88. The lowest BCUT2D eigenvalue weighted by Crippen LogP contribution is -2.15. The van der Waals surface area contributed by atoms with Gasteiger partial charge in [-0.3, -0.25) is 4.79 Å². The van der Waals surface area contributed by atoms with Gasteiger partial charge in [0.05, 0.1) is 12.5 Å². The Morgan fingerprint density at radius 2 is 1.93 bits per heavy atom. The Balaban J connectivity index is 1.87. The van der Waals surface area contributed by atoms with Crippen LogP contribution in [-0.2, 0) is 9.53 Å². The van der Waals surface area contributed by atoms with Crippen molar-refractivity contribution in [2.75, 3.05) is 6.61 Å². The van der Waals surface area contributed by atoms with Gasteiger partial charge in [0.1, 0.15) is 0 Å². The third-order valence-corrected chi connectivity index (χ3v) is 3.32. The number of hydrogen-bond donors (Lipinski definition) is 0.